The summed E-state index contributed by atoms with van der Waals surface area (Å²) in [6, 6.07) is 12.7. The van der Waals surface area contributed by atoms with Crippen molar-refractivity contribution in [3.63, 3.8) is 0 Å². The number of nitrogens with zero attached hydrogens (tertiary/aromatic N) is 1. The summed E-state index contributed by atoms with van der Waals surface area (Å²) in [4.78, 5) is 27.6. The van der Waals surface area contributed by atoms with E-state index in [-0.39, 0.29) is 12.1 Å². The Labute approximate surface area is 196 Å². The Bertz CT molecular complexity index is 964. The fourth-order valence-electron chi connectivity index (χ4n) is 3.97. The number of rotatable bonds is 7. The molecule has 0 aromatic heterocycles. The third kappa shape index (κ3) is 6.50. The summed E-state index contributed by atoms with van der Waals surface area (Å²) in [5.41, 5.74) is 1.56. The molecule has 2 aromatic rings. The molecule has 0 saturated carbocycles. The summed E-state index contributed by atoms with van der Waals surface area (Å²) in [6.07, 6.45) is 3.28. The minimum absolute atomic E-state index is 0.119. The van der Waals surface area contributed by atoms with Crippen LogP contribution in [0.1, 0.15) is 80.9 Å². The van der Waals surface area contributed by atoms with Crippen LogP contribution >= 0.6 is 0 Å². The second kappa shape index (κ2) is 10.7. The third-order valence-corrected chi connectivity index (χ3v) is 5.50. The van der Waals surface area contributed by atoms with E-state index in [0.29, 0.717) is 30.2 Å². The molecule has 1 saturated heterocycles. The maximum absolute atomic E-state index is 13.1. The highest BCUT2D eigenvalue weighted by Crippen LogP contribution is 2.37. The first-order chi connectivity index (χ1) is 15.7. The number of aryl methyl sites for hydroxylation is 1. The number of hydrogen-bond donors (Lipinski definition) is 0. The second-order valence-corrected chi connectivity index (χ2v) is 9.45. The number of likely N-dealkylation sites (tertiary alicyclic amines) is 1. The fraction of sp³-hybridized carbons (Fsp3) is 0.481. The Morgan fingerprint density at radius 2 is 1.85 bits per heavy atom. The number of unbranched alkanes of at least 4 members (excludes halogenated alkanes) is 1. The summed E-state index contributed by atoms with van der Waals surface area (Å²) in [5.74, 6) is 0.528. The fourth-order valence-corrected chi connectivity index (χ4v) is 3.97. The Morgan fingerprint density at radius 3 is 2.52 bits per heavy atom. The van der Waals surface area contributed by atoms with Crippen molar-refractivity contribution in [2.45, 2.75) is 71.9 Å². The molecule has 1 aliphatic heterocycles. The normalized spacial score (nSPS) is 15.9. The first-order valence-electron chi connectivity index (χ1n) is 11.7. The van der Waals surface area contributed by atoms with E-state index in [1.807, 2.05) is 58.0 Å². The Hall–Kier alpha value is -3.02. The molecule has 6 heteroatoms. The average Bonchev–Trinajstić information content (AvgIpc) is 3.23. The van der Waals surface area contributed by atoms with Crippen LogP contribution in [0.2, 0.25) is 0 Å². The molecule has 1 aliphatic rings. The van der Waals surface area contributed by atoms with Crippen LogP contribution in [0.15, 0.2) is 42.5 Å². The molecule has 33 heavy (non-hydrogen) atoms. The van der Waals surface area contributed by atoms with Crippen molar-refractivity contribution >= 4 is 12.1 Å². The van der Waals surface area contributed by atoms with Gasteiger partial charge in [-0.1, -0.05) is 37.6 Å². The largest absolute Gasteiger partial charge is 0.493 e. The number of benzene rings is 2. The quantitative estimate of drug-likeness (QED) is 0.273. The van der Waals surface area contributed by atoms with E-state index in [9.17, 15) is 9.59 Å². The number of hydrogen-bond acceptors (Lipinski definition) is 5. The van der Waals surface area contributed by atoms with Gasteiger partial charge in [0.15, 0.2) is 0 Å². The molecule has 1 unspecified atom stereocenters. The Balaban J connectivity index is 1.91. The molecule has 6 nitrogen and oxygen atoms in total. The molecule has 0 bridgehead atoms. The maximum Gasteiger partial charge on any atom is 0.410 e. The zero-order valence-corrected chi connectivity index (χ0v) is 20.3. The van der Waals surface area contributed by atoms with Crippen LogP contribution in [-0.2, 0) is 4.74 Å². The van der Waals surface area contributed by atoms with Crippen molar-refractivity contribution in [1.29, 1.82) is 0 Å². The number of carbonyl (C=O) groups is 2. The topological polar surface area (TPSA) is 65.1 Å². The molecule has 1 atom stereocenters. The maximum atomic E-state index is 13.1. The SMILES string of the molecule is CCCCOc1cc(C2CCCN2C(=O)OC(C)(C)C)cc(C)c1C(=O)Oc1ccccc1. The van der Waals surface area contributed by atoms with E-state index in [1.165, 1.54) is 0 Å². The molecule has 0 N–H and O–H groups in total. The van der Waals surface area contributed by atoms with Crippen molar-refractivity contribution in [3.05, 3.63) is 59.2 Å². The lowest BCUT2D eigenvalue weighted by Gasteiger charge is -2.29. The number of esters is 1. The van der Waals surface area contributed by atoms with Crippen LogP contribution in [0.25, 0.3) is 0 Å². The summed E-state index contributed by atoms with van der Waals surface area (Å²) < 4.78 is 17.3. The summed E-state index contributed by atoms with van der Waals surface area (Å²) in [6.45, 7) is 10.7. The van der Waals surface area contributed by atoms with Crippen LogP contribution in [0.4, 0.5) is 4.79 Å². The molecule has 2 aromatic carbocycles. The van der Waals surface area contributed by atoms with Gasteiger partial charge < -0.3 is 19.1 Å². The van der Waals surface area contributed by atoms with Gasteiger partial charge in [-0.15, -0.1) is 0 Å². The van der Waals surface area contributed by atoms with Crippen LogP contribution in [0, 0.1) is 6.92 Å². The van der Waals surface area contributed by atoms with E-state index < -0.39 is 11.6 Å². The highest BCUT2D eigenvalue weighted by Gasteiger charge is 2.34. The highest BCUT2D eigenvalue weighted by molar-refractivity contribution is 5.95. The molecule has 1 fully saturated rings. The number of carbonyl (C=O) groups excluding carboxylic acids is 2. The molecule has 0 spiro atoms. The van der Waals surface area contributed by atoms with Gasteiger partial charge >= 0.3 is 12.1 Å². The van der Waals surface area contributed by atoms with Gasteiger partial charge in [0, 0.05) is 6.54 Å². The summed E-state index contributed by atoms with van der Waals surface area (Å²) >= 11 is 0. The van der Waals surface area contributed by atoms with E-state index >= 15 is 0 Å². The van der Waals surface area contributed by atoms with Gasteiger partial charge in [0.25, 0.3) is 0 Å². The van der Waals surface area contributed by atoms with Crippen molar-refractivity contribution in [2.24, 2.45) is 0 Å². The van der Waals surface area contributed by atoms with E-state index in [1.54, 1.807) is 17.0 Å². The molecular formula is C27H35NO5. The van der Waals surface area contributed by atoms with Crippen LogP contribution < -0.4 is 9.47 Å². The van der Waals surface area contributed by atoms with Crippen molar-refractivity contribution in [3.8, 4) is 11.5 Å². The molecule has 3 rings (SSSR count). The zero-order chi connectivity index (χ0) is 24.0. The Kier molecular flexibility index (Phi) is 8.01. The molecular weight excluding hydrogens is 418 g/mol. The number of amides is 1. The van der Waals surface area contributed by atoms with Crippen LogP contribution in [0.5, 0.6) is 11.5 Å². The first kappa shape index (κ1) is 24.6. The van der Waals surface area contributed by atoms with E-state index in [4.69, 9.17) is 14.2 Å². The zero-order valence-electron chi connectivity index (χ0n) is 20.3. The summed E-state index contributed by atoms with van der Waals surface area (Å²) in [7, 11) is 0. The minimum atomic E-state index is -0.556. The lowest BCUT2D eigenvalue weighted by molar-refractivity contribution is 0.0224. The van der Waals surface area contributed by atoms with Gasteiger partial charge in [0.05, 0.1) is 12.6 Å². The summed E-state index contributed by atoms with van der Waals surface area (Å²) in [5, 5.41) is 0. The van der Waals surface area contributed by atoms with E-state index in [0.717, 1.165) is 36.8 Å². The molecule has 0 radical (unpaired) electrons. The van der Waals surface area contributed by atoms with Crippen molar-refractivity contribution in [1.82, 2.24) is 4.90 Å². The van der Waals surface area contributed by atoms with Gasteiger partial charge in [-0.3, -0.25) is 0 Å². The highest BCUT2D eigenvalue weighted by atomic mass is 16.6. The van der Waals surface area contributed by atoms with Crippen LogP contribution in [0.3, 0.4) is 0 Å². The number of ether oxygens (including phenoxy) is 3. The third-order valence-electron chi connectivity index (χ3n) is 5.50. The van der Waals surface area contributed by atoms with Gasteiger partial charge in [0.2, 0.25) is 0 Å². The Morgan fingerprint density at radius 1 is 1.12 bits per heavy atom. The smallest absolute Gasteiger partial charge is 0.410 e. The lowest BCUT2D eigenvalue weighted by atomic mass is 9.97. The van der Waals surface area contributed by atoms with Crippen LogP contribution in [-0.4, -0.2) is 35.7 Å². The number of para-hydroxylation sites is 1. The second-order valence-electron chi connectivity index (χ2n) is 9.45. The minimum Gasteiger partial charge on any atom is -0.493 e. The predicted molar refractivity (Wildman–Crippen MR) is 128 cm³/mol. The van der Waals surface area contributed by atoms with Gasteiger partial charge in [-0.05, 0) is 76.3 Å². The monoisotopic (exact) mass is 453 g/mol. The standard InChI is InChI=1S/C27H35NO5/c1-6-7-16-31-23-18-20(22-14-11-15-28(22)26(30)33-27(3,4)5)17-19(2)24(23)25(29)32-21-12-9-8-10-13-21/h8-10,12-13,17-18,22H,6-7,11,14-16H2,1-5H3. The van der Waals surface area contributed by atoms with Gasteiger partial charge in [-0.25, -0.2) is 9.59 Å². The van der Waals surface area contributed by atoms with Gasteiger partial charge in [-0.2, -0.15) is 0 Å². The molecule has 1 amide bonds. The van der Waals surface area contributed by atoms with Gasteiger partial charge in [0.1, 0.15) is 22.7 Å². The molecule has 178 valence electrons. The average molecular weight is 454 g/mol. The predicted octanol–water partition coefficient (Wildman–Crippen LogP) is 6.47. The molecule has 1 heterocycles. The lowest BCUT2D eigenvalue weighted by Crippen LogP contribution is -2.36. The van der Waals surface area contributed by atoms with E-state index in [2.05, 4.69) is 6.92 Å². The first-order valence-corrected chi connectivity index (χ1v) is 11.7. The molecule has 0 aliphatic carbocycles. The van der Waals surface area contributed by atoms with Crippen molar-refractivity contribution in [2.75, 3.05) is 13.2 Å². The van der Waals surface area contributed by atoms with Crippen molar-refractivity contribution < 1.29 is 23.8 Å².